The second-order valence-electron chi connectivity index (χ2n) is 8.96. The average molecular weight is 429 g/mol. The molecule has 160 valence electrons. The van der Waals surface area contributed by atoms with Gasteiger partial charge in [-0.25, -0.2) is 0 Å². The molecule has 6 heteroatoms. The second-order valence-corrected chi connectivity index (χ2v) is 11.8. The molecule has 3 aliphatic heterocycles. The van der Waals surface area contributed by atoms with Crippen LogP contribution in [0, 0.1) is 17.8 Å². The minimum atomic E-state index is -0.364. The van der Waals surface area contributed by atoms with Gasteiger partial charge < -0.3 is 18.9 Å². The number of allylic oxidation sites excluding steroid dienone is 2. The van der Waals surface area contributed by atoms with Crippen molar-refractivity contribution in [2.75, 3.05) is 37.9 Å². The number of ether oxygens (including phenoxy) is 4. The largest absolute Gasteiger partial charge is 0.348 e. The Morgan fingerprint density at radius 1 is 0.964 bits per heavy atom. The molecule has 28 heavy (non-hydrogen) atoms. The summed E-state index contributed by atoms with van der Waals surface area (Å²) < 4.78 is 24.0. The van der Waals surface area contributed by atoms with Crippen molar-refractivity contribution < 1.29 is 18.9 Å². The molecule has 0 bridgehead atoms. The molecular weight excluding hydrogens is 392 g/mol. The van der Waals surface area contributed by atoms with E-state index in [1.165, 1.54) is 49.2 Å². The molecule has 3 saturated heterocycles. The molecule has 4 aliphatic rings. The molecule has 0 aromatic rings. The van der Waals surface area contributed by atoms with Gasteiger partial charge in [-0.05, 0) is 62.4 Å². The molecule has 4 rings (SSSR count). The molecule has 1 aliphatic carbocycles. The van der Waals surface area contributed by atoms with Gasteiger partial charge in [-0.2, -0.15) is 23.5 Å². The average Bonchev–Trinajstić information content (AvgIpc) is 2.74. The highest BCUT2D eigenvalue weighted by atomic mass is 32.2. The van der Waals surface area contributed by atoms with Crippen LogP contribution < -0.4 is 0 Å². The molecule has 0 aromatic carbocycles. The van der Waals surface area contributed by atoms with Gasteiger partial charge in [0.25, 0.3) is 0 Å². The van der Waals surface area contributed by atoms with Crippen LogP contribution in [0.1, 0.15) is 46.0 Å². The minimum Gasteiger partial charge on any atom is -0.348 e. The molecule has 3 atom stereocenters. The van der Waals surface area contributed by atoms with E-state index in [4.69, 9.17) is 18.9 Å². The van der Waals surface area contributed by atoms with Crippen LogP contribution in [0.25, 0.3) is 0 Å². The maximum atomic E-state index is 6.01. The lowest BCUT2D eigenvalue weighted by Gasteiger charge is -2.39. The fourth-order valence-electron chi connectivity index (χ4n) is 4.47. The topological polar surface area (TPSA) is 36.9 Å². The Hall–Kier alpha value is 0.280. The van der Waals surface area contributed by atoms with Crippen molar-refractivity contribution in [3.8, 4) is 0 Å². The first kappa shape index (κ1) is 21.5. The summed E-state index contributed by atoms with van der Waals surface area (Å²) in [6, 6.07) is 0. The van der Waals surface area contributed by atoms with Crippen LogP contribution in [0.3, 0.4) is 0 Å². The van der Waals surface area contributed by atoms with E-state index in [1.54, 1.807) is 0 Å². The van der Waals surface area contributed by atoms with Gasteiger partial charge in [0.2, 0.25) is 12.6 Å². The van der Waals surface area contributed by atoms with Crippen molar-refractivity contribution in [2.45, 2.75) is 69.0 Å². The molecule has 0 amide bonds. The number of hydrogen-bond donors (Lipinski definition) is 0. The SMILES string of the molecule is CC1=CCC(C2COC(C3OCC(SCC4CCC(C)SC4)CO3)OC2)CC1. The first-order chi connectivity index (χ1) is 13.7. The van der Waals surface area contributed by atoms with E-state index >= 15 is 0 Å². The Balaban J connectivity index is 1.12. The van der Waals surface area contributed by atoms with Crippen molar-refractivity contribution in [1.82, 2.24) is 0 Å². The van der Waals surface area contributed by atoms with E-state index in [1.807, 2.05) is 11.8 Å². The number of thioether (sulfide) groups is 2. The Labute approximate surface area is 178 Å². The zero-order chi connectivity index (χ0) is 19.3. The molecule has 3 heterocycles. The van der Waals surface area contributed by atoms with Gasteiger partial charge in [-0.1, -0.05) is 18.6 Å². The van der Waals surface area contributed by atoms with Crippen LogP contribution in [-0.4, -0.2) is 61.0 Å². The highest BCUT2D eigenvalue weighted by Gasteiger charge is 2.36. The molecule has 3 unspecified atom stereocenters. The molecule has 0 N–H and O–H groups in total. The lowest BCUT2D eigenvalue weighted by atomic mass is 9.81. The molecule has 0 saturated carbocycles. The summed E-state index contributed by atoms with van der Waals surface area (Å²) in [6.45, 7) is 7.60. The van der Waals surface area contributed by atoms with Gasteiger partial charge in [0, 0.05) is 11.2 Å². The standard InChI is InChI=1S/C22H36O4S2/c1-15-3-7-18(8-4-15)19-9-23-21(24-10-19)22-25-11-20(12-26-22)28-14-17-6-5-16(2)27-13-17/h3,16-22H,4-14H2,1-2H3. The Morgan fingerprint density at radius 3 is 2.29 bits per heavy atom. The van der Waals surface area contributed by atoms with Crippen molar-refractivity contribution in [1.29, 1.82) is 0 Å². The van der Waals surface area contributed by atoms with E-state index in [9.17, 15) is 0 Å². The second kappa shape index (κ2) is 10.5. The smallest absolute Gasteiger partial charge is 0.209 e. The van der Waals surface area contributed by atoms with Gasteiger partial charge in [-0.15, -0.1) is 0 Å². The summed E-state index contributed by atoms with van der Waals surface area (Å²) in [6.07, 6.45) is 8.05. The van der Waals surface area contributed by atoms with E-state index in [-0.39, 0.29) is 12.6 Å². The first-order valence-electron chi connectivity index (χ1n) is 11.0. The predicted octanol–water partition coefficient (Wildman–Crippen LogP) is 4.73. The lowest BCUT2D eigenvalue weighted by Crippen LogP contribution is -2.48. The summed E-state index contributed by atoms with van der Waals surface area (Å²) in [4.78, 5) is 0. The Morgan fingerprint density at radius 2 is 1.68 bits per heavy atom. The van der Waals surface area contributed by atoms with Crippen molar-refractivity contribution in [3.05, 3.63) is 11.6 Å². The molecule has 4 nitrogen and oxygen atoms in total. The summed E-state index contributed by atoms with van der Waals surface area (Å²) in [5.74, 6) is 4.59. The van der Waals surface area contributed by atoms with Gasteiger partial charge in [0.05, 0.1) is 31.7 Å². The lowest BCUT2D eigenvalue weighted by molar-refractivity contribution is -0.325. The van der Waals surface area contributed by atoms with Gasteiger partial charge >= 0.3 is 0 Å². The van der Waals surface area contributed by atoms with E-state index in [0.717, 1.165) is 37.6 Å². The van der Waals surface area contributed by atoms with Crippen LogP contribution in [0.15, 0.2) is 11.6 Å². The zero-order valence-electron chi connectivity index (χ0n) is 17.3. The van der Waals surface area contributed by atoms with Crippen LogP contribution in [0.5, 0.6) is 0 Å². The predicted molar refractivity (Wildman–Crippen MR) is 117 cm³/mol. The van der Waals surface area contributed by atoms with Crippen LogP contribution in [0.4, 0.5) is 0 Å². The molecule has 0 aromatic heterocycles. The third-order valence-corrected chi connectivity index (χ3v) is 9.45. The van der Waals surface area contributed by atoms with Gasteiger partial charge in [-0.3, -0.25) is 0 Å². The normalized spacial score (nSPS) is 42.8. The van der Waals surface area contributed by atoms with Gasteiger partial charge in [0.1, 0.15) is 0 Å². The fraction of sp³-hybridized carbons (Fsp3) is 0.909. The highest BCUT2D eigenvalue weighted by Crippen LogP contribution is 2.34. The number of rotatable bonds is 5. The summed E-state index contributed by atoms with van der Waals surface area (Å²) in [5.41, 5.74) is 1.53. The third kappa shape index (κ3) is 5.92. The van der Waals surface area contributed by atoms with Crippen molar-refractivity contribution in [2.24, 2.45) is 17.8 Å². The highest BCUT2D eigenvalue weighted by molar-refractivity contribution is 8.00. The summed E-state index contributed by atoms with van der Waals surface area (Å²) in [7, 11) is 0. The van der Waals surface area contributed by atoms with Gasteiger partial charge in [0.15, 0.2) is 0 Å². The quantitative estimate of drug-likeness (QED) is 0.590. The zero-order valence-corrected chi connectivity index (χ0v) is 19.0. The minimum absolute atomic E-state index is 0.362. The summed E-state index contributed by atoms with van der Waals surface area (Å²) >= 11 is 4.15. The van der Waals surface area contributed by atoms with Crippen molar-refractivity contribution >= 4 is 23.5 Å². The Bertz CT molecular complexity index is 505. The molecule has 3 fully saturated rings. The number of hydrogen-bond acceptors (Lipinski definition) is 6. The monoisotopic (exact) mass is 428 g/mol. The van der Waals surface area contributed by atoms with Crippen LogP contribution in [-0.2, 0) is 18.9 Å². The Kier molecular flexibility index (Phi) is 8.10. The van der Waals surface area contributed by atoms with E-state index in [0.29, 0.717) is 17.1 Å². The fourth-order valence-corrected chi connectivity index (χ4v) is 6.99. The summed E-state index contributed by atoms with van der Waals surface area (Å²) in [5, 5.41) is 1.28. The van der Waals surface area contributed by atoms with E-state index < -0.39 is 0 Å². The maximum absolute atomic E-state index is 6.01. The van der Waals surface area contributed by atoms with Crippen molar-refractivity contribution in [3.63, 3.8) is 0 Å². The van der Waals surface area contributed by atoms with E-state index in [2.05, 4.69) is 31.7 Å². The molecular formula is C22H36O4S2. The van der Waals surface area contributed by atoms with Crippen LogP contribution >= 0.6 is 23.5 Å². The molecule has 0 spiro atoms. The maximum Gasteiger partial charge on any atom is 0.209 e. The molecule has 0 radical (unpaired) electrons. The third-order valence-electron chi connectivity index (χ3n) is 6.57. The first-order valence-corrected chi connectivity index (χ1v) is 13.1. The van der Waals surface area contributed by atoms with Crippen LogP contribution in [0.2, 0.25) is 0 Å².